The van der Waals surface area contributed by atoms with Gasteiger partial charge in [0, 0.05) is 11.8 Å². The molecule has 0 aliphatic heterocycles. The first kappa shape index (κ1) is 12.8. The number of carboxylic acid groups (broad SMARTS) is 2. The van der Waals surface area contributed by atoms with E-state index in [2.05, 4.69) is 0 Å². The lowest BCUT2D eigenvalue weighted by atomic mass is 9.62. The number of carboxylic acids is 2. The summed E-state index contributed by atoms with van der Waals surface area (Å²) in [6, 6.07) is 0. The van der Waals surface area contributed by atoms with Crippen LogP contribution in [0.4, 0.5) is 0 Å². The third kappa shape index (κ3) is 1.58. The highest BCUT2D eigenvalue weighted by Gasteiger charge is 2.42. The molecule has 0 saturated carbocycles. The standard InChI is InChI=1S/C18H12O4/c19-17(20)13-5-3-9-1-2-10-4-6-14(18(21)22)12-8-7-11(13)15(9)16(10)12/h1-8,15-16H,(H,19,20)(H,21,22). The minimum Gasteiger partial charge on any atom is -0.478 e. The van der Waals surface area contributed by atoms with E-state index in [-0.39, 0.29) is 23.0 Å². The molecule has 4 aliphatic carbocycles. The molecule has 0 aromatic heterocycles. The molecule has 2 N–H and O–H groups in total. The molecule has 4 rings (SSSR count). The average Bonchev–Trinajstić information content (AvgIpc) is 2.51. The molecule has 0 heterocycles. The van der Waals surface area contributed by atoms with E-state index in [1.54, 1.807) is 24.3 Å². The van der Waals surface area contributed by atoms with Gasteiger partial charge in [-0.3, -0.25) is 0 Å². The Morgan fingerprint density at radius 2 is 1.09 bits per heavy atom. The predicted molar refractivity (Wildman–Crippen MR) is 79.9 cm³/mol. The van der Waals surface area contributed by atoms with Crippen LogP contribution >= 0.6 is 0 Å². The Bertz CT molecular complexity index is 770. The summed E-state index contributed by atoms with van der Waals surface area (Å²) in [5.41, 5.74) is 4.11. The highest BCUT2D eigenvalue weighted by Crippen LogP contribution is 2.51. The molecule has 0 amide bonds. The fraction of sp³-hybridized carbons (Fsp3) is 0.111. The van der Waals surface area contributed by atoms with Crippen molar-refractivity contribution in [2.24, 2.45) is 11.8 Å². The van der Waals surface area contributed by atoms with Gasteiger partial charge in [-0.25, -0.2) is 9.59 Å². The second-order valence-corrected chi connectivity index (χ2v) is 5.64. The molecule has 22 heavy (non-hydrogen) atoms. The molecule has 4 heteroatoms. The van der Waals surface area contributed by atoms with Crippen molar-refractivity contribution >= 4 is 11.9 Å². The van der Waals surface area contributed by atoms with Crippen LogP contribution in [0, 0.1) is 11.8 Å². The lowest BCUT2D eigenvalue weighted by Gasteiger charge is -2.41. The average molecular weight is 292 g/mol. The van der Waals surface area contributed by atoms with Gasteiger partial charge in [0.25, 0.3) is 0 Å². The van der Waals surface area contributed by atoms with Crippen molar-refractivity contribution < 1.29 is 19.8 Å². The van der Waals surface area contributed by atoms with E-state index in [1.807, 2.05) is 24.3 Å². The van der Waals surface area contributed by atoms with E-state index >= 15 is 0 Å². The van der Waals surface area contributed by atoms with Crippen molar-refractivity contribution in [1.29, 1.82) is 0 Å². The third-order valence-electron chi connectivity index (χ3n) is 4.60. The molecular formula is C18H12O4. The Morgan fingerprint density at radius 3 is 1.45 bits per heavy atom. The van der Waals surface area contributed by atoms with Gasteiger partial charge in [0.05, 0.1) is 11.1 Å². The van der Waals surface area contributed by atoms with E-state index in [9.17, 15) is 19.8 Å². The van der Waals surface area contributed by atoms with Crippen LogP contribution in [-0.2, 0) is 9.59 Å². The van der Waals surface area contributed by atoms with Gasteiger partial charge in [-0.05, 0) is 34.4 Å². The fourth-order valence-electron chi connectivity index (χ4n) is 3.66. The van der Waals surface area contributed by atoms with Crippen LogP contribution in [0.15, 0.2) is 82.0 Å². The second-order valence-electron chi connectivity index (χ2n) is 5.64. The van der Waals surface area contributed by atoms with Gasteiger partial charge < -0.3 is 10.2 Å². The zero-order chi connectivity index (χ0) is 15.4. The van der Waals surface area contributed by atoms with Gasteiger partial charge in [-0.2, -0.15) is 0 Å². The topological polar surface area (TPSA) is 74.6 Å². The minimum absolute atomic E-state index is 0.115. The van der Waals surface area contributed by atoms with Gasteiger partial charge in [-0.15, -0.1) is 0 Å². The molecule has 2 unspecified atom stereocenters. The normalized spacial score (nSPS) is 27.5. The van der Waals surface area contributed by atoms with Gasteiger partial charge >= 0.3 is 11.9 Å². The Labute approximate surface area is 126 Å². The summed E-state index contributed by atoms with van der Waals surface area (Å²) in [5.74, 6) is -2.14. The molecule has 0 spiro atoms. The van der Waals surface area contributed by atoms with Gasteiger partial charge in [0.15, 0.2) is 0 Å². The van der Waals surface area contributed by atoms with Gasteiger partial charge in [-0.1, -0.05) is 36.5 Å². The van der Waals surface area contributed by atoms with Gasteiger partial charge in [0.1, 0.15) is 0 Å². The predicted octanol–water partition coefficient (Wildman–Crippen LogP) is 2.56. The van der Waals surface area contributed by atoms with E-state index < -0.39 is 11.9 Å². The Morgan fingerprint density at radius 1 is 0.682 bits per heavy atom. The summed E-state index contributed by atoms with van der Waals surface area (Å²) in [5, 5.41) is 18.8. The summed E-state index contributed by atoms with van der Waals surface area (Å²) in [6.45, 7) is 0. The van der Waals surface area contributed by atoms with Crippen LogP contribution in [0.25, 0.3) is 0 Å². The molecule has 4 aliphatic rings. The molecule has 108 valence electrons. The monoisotopic (exact) mass is 292 g/mol. The number of aliphatic carboxylic acids is 2. The summed E-state index contributed by atoms with van der Waals surface area (Å²) in [7, 11) is 0. The van der Waals surface area contributed by atoms with Crippen molar-refractivity contribution in [1.82, 2.24) is 0 Å². The zero-order valence-corrected chi connectivity index (χ0v) is 11.5. The summed E-state index contributed by atoms with van der Waals surface area (Å²) in [6.07, 6.45) is 14.4. The molecule has 0 fully saturated rings. The largest absolute Gasteiger partial charge is 0.478 e. The lowest BCUT2D eigenvalue weighted by Crippen LogP contribution is -2.33. The van der Waals surface area contributed by atoms with Crippen molar-refractivity contribution in [3.05, 3.63) is 82.0 Å². The van der Waals surface area contributed by atoms with Crippen LogP contribution < -0.4 is 0 Å². The maximum atomic E-state index is 11.5. The summed E-state index contributed by atoms with van der Waals surface area (Å²) < 4.78 is 0. The number of rotatable bonds is 2. The van der Waals surface area contributed by atoms with Crippen molar-refractivity contribution in [2.75, 3.05) is 0 Å². The van der Waals surface area contributed by atoms with Crippen LogP contribution in [-0.4, -0.2) is 22.2 Å². The quantitative estimate of drug-likeness (QED) is 0.820. The number of allylic oxidation sites excluding steroid dienone is 10. The van der Waals surface area contributed by atoms with Crippen LogP contribution in [0.1, 0.15) is 0 Å². The molecule has 0 saturated heterocycles. The van der Waals surface area contributed by atoms with E-state index in [0.29, 0.717) is 0 Å². The Balaban J connectivity index is 1.97. The smallest absolute Gasteiger partial charge is 0.335 e. The van der Waals surface area contributed by atoms with Crippen molar-refractivity contribution in [2.45, 2.75) is 0 Å². The Hall–Kier alpha value is -2.88. The molecule has 2 atom stereocenters. The first-order valence-corrected chi connectivity index (χ1v) is 6.99. The SMILES string of the molecule is O=C(O)C1=CC=C2C=CC3=CC=C(C(=O)O)C4=CC=C1C2C34. The van der Waals surface area contributed by atoms with Crippen LogP contribution in [0.3, 0.4) is 0 Å². The molecule has 0 aromatic rings. The number of carbonyl (C=O) groups is 2. The van der Waals surface area contributed by atoms with Crippen molar-refractivity contribution in [3.63, 3.8) is 0 Å². The molecule has 4 nitrogen and oxygen atoms in total. The van der Waals surface area contributed by atoms with Gasteiger partial charge in [0.2, 0.25) is 0 Å². The first-order valence-electron chi connectivity index (χ1n) is 6.99. The van der Waals surface area contributed by atoms with Crippen LogP contribution in [0.5, 0.6) is 0 Å². The van der Waals surface area contributed by atoms with E-state index in [0.717, 1.165) is 22.3 Å². The number of hydrogen-bond donors (Lipinski definition) is 2. The lowest BCUT2D eigenvalue weighted by molar-refractivity contribution is -0.133. The minimum atomic E-state index is -0.955. The second kappa shape index (κ2) is 4.31. The molecule has 0 bridgehead atoms. The summed E-state index contributed by atoms with van der Waals surface area (Å²) >= 11 is 0. The Kier molecular flexibility index (Phi) is 2.51. The highest BCUT2D eigenvalue weighted by molar-refractivity contribution is 5.96. The van der Waals surface area contributed by atoms with Crippen LogP contribution in [0.2, 0.25) is 0 Å². The first-order chi connectivity index (χ1) is 10.6. The highest BCUT2D eigenvalue weighted by atomic mass is 16.4. The molecular weight excluding hydrogens is 280 g/mol. The number of hydrogen-bond acceptors (Lipinski definition) is 2. The maximum absolute atomic E-state index is 11.5. The summed E-state index contributed by atoms with van der Waals surface area (Å²) in [4.78, 5) is 22.9. The fourth-order valence-corrected chi connectivity index (χ4v) is 3.66. The van der Waals surface area contributed by atoms with E-state index in [1.165, 1.54) is 0 Å². The van der Waals surface area contributed by atoms with E-state index in [4.69, 9.17) is 0 Å². The molecule has 0 aromatic carbocycles. The van der Waals surface area contributed by atoms with Crippen molar-refractivity contribution in [3.8, 4) is 0 Å². The third-order valence-corrected chi connectivity index (χ3v) is 4.60. The maximum Gasteiger partial charge on any atom is 0.335 e. The molecule has 0 radical (unpaired) electrons. The zero-order valence-electron chi connectivity index (χ0n) is 11.5.